The van der Waals surface area contributed by atoms with Crippen LogP contribution in [0.1, 0.15) is 21.6 Å². The Morgan fingerprint density at radius 1 is 1.20 bits per heavy atom. The van der Waals surface area contributed by atoms with E-state index in [4.69, 9.17) is 4.74 Å². The summed E-state index contributed by atoms with van der Waals surface area (Å²) in [5.41, 5.74) is 2.65. The molecule has 2 aromatic rings. The first-order valence-electron chi connectivity index (χ1n) is 6.53. The van der Waals surface area contributed by atoms with Gasteiger partial charge in [0.2, 0.25) is 0 Å². The molecule has 0 unspecified atom stereocenters. The minimum absolute atomic E-state index is 0.0917. The summed E-state index contributed by atoms with van der Waals surface area (Å²) >= 11 is 0. The van der Waals surface area contributed by atoms with E-state index in [1.807, 2.05) is 37.3 Å². The maximum atomic E-state index is 11.9. The van der Waals surface area contributed by atoms with E-state index < -0.39 is 0 Å². The number of carbonyl (C=O) groups is 1. The lowest BCUT2D eigenvalue weighted by atomic mass is 10.1. The first-order valence-corrected chi connectivity index (χ1v) is 6.53. The average Bonchev–Trinajstić information content (AvgIpc) is 2.48. The molecule has 0 atom stereocenters. The maximum Gasteiger partial charge on any atom is 0.252 e. The highest BCUT2D eigenvalue weighted by molar-refractivity contribution is 5.93. The highest BCUT2D eigenvalue weighted by atomic mass is 16.5. The number of carbonyl (C=O) groups excluding carboxylic acids is 1. The van der Waals surface area contributed by atoms with E-state index in [2.05, 4.69) is 10.3 Å². The van der Waals surface area contributed by atoms with Crippen molar-refractivity contribution in [3.63, 3.8) is 0 Å². The molecular weight excluding hydrogens is 252 g/mol. The molecule has 0 bridgehead atoms. The zero-order chi connectivity index (χ0) is 14.4. The molecular formula is C16H18N2O2. The van der Waals surface area contributed by atoms with Gasteiger partial charge in [0.25, 0.3) is 5.91 Å². The Kier molecular flexibility index (Phi) is 4.71. The molecule has 1 amide bonds. The van der Waals surface area contributed by atoms with Crippen LogP contribution >= 0.6 is 0 Å². The van der Waals surface area contributed by atoms with Gasteiger partial charge in [0, 0.05) is 18.4 Å². The van der Waals surface area contributed by atoms with Crippen LogP contribution in [-0.4, -0.2) is 24.5 Å². The van der Waals surface area contributed by atoms with Crippen LogP contribution in [0.2, 0.25) is 0 Å². The second kappa shape index (κ2) is 6.70. The molecule has 1 heterocycles. The molecule has 1 aromatic heterocycles. The Morgan fingerprint density at radius 3 is 2.55 bits per heavy atom. The molecule has 1 aromatic carbocycles. The Hall–Kier alpha value is -2.36. The van der Waals surface area contributed by atoms with E-state index in [1.54, 1.807) is 19.4 Å². The summed E-state index contributed by atoms with van der Waals surface area (Å²) < 4.78 is 5.10. The average molecular weight is 270 g/mol. The standard InChI is InChI=1S/C16H18N2O2/c1-12-3-6-14(11-18-12)16(19)17-10-9-13-4-7-15(20-2)8-5-13/h3-8,11H,9-10H2,1-2H3,(H,17,19). The van der Waals surface area contributed by atoms with Gasteiger partial charge in [-0.2, -0.15) is 0 Å². The van der Waals surface area contributed by atoms with Gasteiger partial charge in [0.05, 0.1) is 12.7 Å². The van der Waals surface area contributed by atoms with Crippen LogP contribution in [-0.2, 0) is 6.42 Å². The number of methoxy groups -OCH3 is 1. The Balaban J connectivity index is 1.82. The third kappa shape index (κ3) is 3.82. The Morgan fingerprint density at radius 2 is 1.95 bits per heavy atom. The summed E-state index contributed by atoms with van der Waals surface area (Å²) in [5, 5.41) is 2.89. The molecule has 4 nitrogen and oxygen atoms in total. The molecule has 0 saturated heterocycles. The van der Waals surface area contributed by atoms with Crippen molar-refractivity contribution < 1.29 is 9.53 Å². The van der Waals surface area contributed by atoms with Crippen molar-refractivity contribution in [3.8, 4) is 5.75 Å². The number of amides is 1. The lowest BCUT2D eigenvalue weighted by Crippen LogP contribution is -2.25. The Bertz CT molecular complexity index is 562. The molecule has 0 aliphatic rings. The van der Waals surface area contributed by atoms with Crippen LogP contribution in [0.3, 0.4) is 0 Å². The van der Waals surface area contributed by atoms with Crippen molar-refractivity contribution in [3.05, 3.63) is 59.4 Å². The van der Waals surface area contributed by atoms with Gasteiger partial charge in [0.1, 0.15) is 5.75 Å². The molecule has 0 aliphatic heterocycles. The van der Waals surface area contributed by atoms with Crippen LogP contribution in [0.25, 0.3) is 0 Å². The predicted molar refractivity (Wildman–Crippen MR) is 78.0 cm³/mol. The molecule has 0 aliphatic carbocycles. The molecule has 104 valence electrons. The van der Waals surface area contributed by atoms with Gasteiger partial charge in [-0.15, -0.1) is 0 Å². The summed E-state index contributed by atoms with van der Waals surface area (Å²) in [6.07, 6.45) is 2.38. The number of aromatic nitrogens is 1. The van der Waals surface area contributed by atoms with Crippen molar-refractivity contribution in [1.29, 1.82) is 0 Å². The van der Waals surface area contributed by atoms with Crippen molar-refractivity contribution in [1.82, 2.24) is 10.3 Å². The van der Waals surface area contributed by atoms with Crippen LogP contribution in [0, 0.1) is 6.92 Å². The highest BCUT2D eigenvalue weighted by Crippen LogP contribution is 2.11. The summed E-state index contributed by atoms with van der Waals surface area (Å²) in [6, 6.07) is 11.4. The second-order valence-corrected chi connectivity index (χ2v) is 4.54. The molecule has 0 fully saturated rings. The van der Waals surface area contributed by atoms with Crippen LogP contribution in [0.4, 0.5) is 0 Å². The topological polar surface area (TPSA) is 51.2 Å². The molecule has 4 heteroatoms. The fourth-order valence-electron chi connectivity index (χ4n) is 1.82. The minimum Gasteiger partial charge on any atom is -0.497 e. The first kappa shape index (κ1) is 14.1. The zero-order valence-electron chi connectivity index (χ0n) is 11.7. The third-order valence-electron chi connectivity index (χ3n) is 3.03. The van der Waals surface area contributed by atoms with Crippen LogP contribution in [0.15, 0.2) is 42.6 Å². The number of nitrogens with one attached hydrogen (secondary N) is 1. The number of ether oxygens (including phenoxy) is 1. The molecule has 20 heavy (non-hydrogen) atoms. The van der Waals surface area contributed by atoms with E-state index in [0.717, 1.165) is 23.4 Å². The monoisotopic (exact) mass is 270 g/mol. The zero-order valence-corrected chi connectivity index (χ0v) is 11.7. The van der Waals surface area contributed by atoms with E-state index in [1.165, 1.54) is 0 Å². The van der Waals surface area contributed by atoms with E-state index >= 15 is 0 Å². The van der Waals surface area contributed by atoms with Gasteiger partial charge in [-0.3, -0.25) is 9.78 Å². The largest absolute Gasteiger partial charge is 0.497 e. The lowest BCUT2D eigenvalue weighted by molar-refractivity contribution is 0.0954. The number of pyridine rings is 1. The van der Waals surface area contributed by atoms with E-state index in [9.17, 15) is 4.79 Å². The fourth-order valence-corrected chi connectivity index (χ4v) is 1.82. The summed E-state index contributed by atoms with van der Waals surface area (Å²) in [4.78, 5) is 16.0. The third-order valence-corrected chi connectivity index (χ3v) is 3.03. The quantitative estimate of drug-likeness (QED) is 0.907. The van der Waals surface area contributed by atoms with Crippen LogP contribution < -0.4 is 10.1 Å². The lowest BCUT2D eigenvalue weighted by Gasteiger charge is -2.06. The number of aryl methyl sites for hydroxylation is 1. The molecule has 0 saturated carbocycles. The van der Waals surface area contributed by atoms with Crippen molar-refractivity contribution in [2.24, 2.45) is 0 Å². The summed E-state index contributed by atoms with van der Waals surface area (Å²) in [5.74, 6) is 0.745. The summed E-state index contributed by atoms with van der Waals surface area (Å²) in [6.45, 7) is 2.49. The van der Waals surface area contributed by atoms with Gasteiger partial charge in [-0.1, -0.05) is 12.1 Å². The van der Waals surface area contributed by atoms with Gasteiger partial charge in [-0.25, -0.2) is 0 Å². The normalized spacial score (nSPS) is 10.1. The second-order valence-electron chi connectivity index (χ2n) is 4.54. The smallest absolute Gasteiger partial charge is 0.252 e. The van der Waals surface area contributed by atoms with Crippen molar-refractivity contribution >= 4 is 5.91 Å². The van der Waals surface area contributed by atoms with Crippen molar-refractivity contribution in [2.45, 2.75) is 13.3 Å². The van der Waals surface area contributed by atoms with Crippen molar-refractivity contribution in [2.75, 3.05) is 13.7 Å². The maximum absolute atomic E-state index is 11.9. The highest BCUT2D eigenvalue weighted by Gasteiger charge is 2.04. The number of hydrogen-bond acceptors (Lipinski definition) is 3. The number of rotatable bonds is 5. The van der Waals surface area contributed by atoms with Gasteiger partial charge in [0.15, 0.2) is 0 Å². The van der Waals surface area contributed by atoms with Crippen LogP contribution in [0.5, 0.6) is 5.75 Å². The van der Waals surface area contributed by atoms with E-state index in [0.29, 0.717) is 12.1 Å². The molecule has 0 radical (unpaired) electrons. The number of benzene rings is 1. The van der Waals surface area contributed by atoms with E-state index in [-0.39, 0.29) is 5.91 Å². The van der Waals surface area contributed by atoms with Gasteiger partial charge < -0.3 is 10.1 Å². The Labute approximate surface area is 118 Å². The van der Waals surface area contributed by atoms with Gasteiger partial charge >= 0.3 is 0 Å². The predicted octanol–water partition coefficient (Wildman–Crippen LogP) is 2.37. The number of nitrogens with zero attached hydrogens (tertiary/aromatic N) is 1. The molecule has 0 spiro atoms. The fraction of sp³-hybridized carbons (Fsp3) is 0.250. The van der Waals surface area contributed by atoms with Gasteiger partial charge in [-0.05, 0) is 43.2 Å². The molecule has 2 rings (SSSR count). The summed E-state index contributed by atoms with van der Waals surface area (Å²) in [7, 11) is 1.64. The number of hydrogen-bond donors (Lipinski definition) is 1. The first-order chi connectivity index (χ1) is 9.69. The molecule has 1 N–H and O–H groups in total. The minimum atomic E-state index is -0.0917. The SMILES string of the molecule is COc1ccc(CCNC(=O)c2ccc(C)nc2)cc1.